The van der Waals surface area contributed by atoms with E-state index in [4.69, 9.17) is 23.2 Å². The van der Waals surface area contributed by atoms with Gasteiger partial charge in [-0.25, -0.2) is 0 Å². The predicted molar refractivity (Wildman–Crippen MR) is 88.2 cm³/mol. The number of nitrogens with one attached hydrogen (secondary N) is 1. The maximum atomic E-state index is 12.8. The molecule has 0 saturated carbocycles. The molecular weight excluding hydrogens is 319 g/mol. The van der Waals surface area contributed by atoms with Crippen molar-refractivity contribution in [3.63, 3.8) is 0 Å². The number of hydrogen-bond donors (Lipinski definition) is 1. The molecule has 1 aliphatic rings. The van der Waals surface area contributed by atoms with Gasteiger partial charge >= 0.3 is 0 Å². The predicted octanol–water partition coefficient (Wildman–Crippen LogP) is 4.58. The molecule has 0 radical (unpaired) electrons. The van der Waals surface area contributed by atoms with Gasteiger partial charge in [-0.05, 0) is 42.5 Å². The smallest absolute Gasteiger partial charge is 0.193 e. The molecule has 1 aliphatic heterocycles. The van der Waals surface area contributed by atoms with E-state index in [1.54, 1.807) is 48.5 Å². The Kier molecular flexibility index (Phi) is 3.89. The van der Waals surface area contributed by atoms with Gasteiger partial charge in [0.15, 0.2) is 5.78 Å². The minimum atomic E-state index is -0.572. The number of ketones is 1. The normalized spacial score (nSPS) is 16.0. The zero-order valence-electron chi connectivity index (χ0n) is 11.3. The Bertz CT molecular complexity index is 820. The topological polar surface area (TPSA) is 52.9 Å². The fourth-order valence-electron chi connectivity index (χ4n) is 2.39. The Balaban J connectivity index is 2.12. The summed E-state index contributed by atoms with van der Waals surface area (Å²) in [4.78, 5) is 12.8. The molecule has 22 heavy (non-hydrogen) atoms. The highest BCUT2D eigenvalue weighted by Crippen LogP contribution is 2.37. The van der Waals surface area contributed by atoms with E-state index in [1.807, 2.05) is 0 Å². The summed E-state index contributed by atoms with van der Waals surface area (Å²) in [6.07, 6.45) is 1.60. The lowest BCUT2D eigenvalue weighted by Gasteiger charge is -2.23. The summed E-state index contributed by atoms with van der Waals surface area (Å²) in [5.41, 5.74) is 2.22. The van der Waals surface area contributed by atoms with Crippen LogP contribution in [0.3, 0.4) is 0 Å². The average Bonchev–Trinajstić information content (AvgIpc) is 2.54. The van der Waals surface area contributed by atoms with Crippen LogP contribution in [0, 0.1) is 11.3 Å². The van der Waals surface area contributed by atoms with E-state index in [9.17, 15) is 10.1 Å². The number of rotatable bonds is 2. The maximum absolute atomic E-state index is 12.8. The number of allylic oxidation sites excluding steroid dienone is 1. The molecule has 1 N–H and O–H groups in total. The number of fused-ring (bicyclic) bond motifs is 1. The maximum Gasteiger partial charge on any atom is 0.193 e. The second-order valence-electron chi connectivity index (χ2n) is 4.83. The number of carbonyl (C=O) groups is 1. The first-order valence-electron chi connectivity index (χ1n) is 6.57. The Hall–Kier alpha value is -2.28. The summed E-state index contributed by atoms with van der Waals surface area (Å²) in [5, 5.41) is 13.2. The molecule has 0 fully saturated rings. The number of nitrogens with zero attached hydrogens (tertiary/aromatic N) is 1. The molecule has 0 spiro atoms. The number of carbonyl (C=O) groups excluding carboxylic acids is 1. The van der Waals surface area contributed by atoms with Crippen molar-refractivity contribution in [3.05, 3.63) is 69.7 Å². The van der Waals surface area contributed by atoms with Gasteiger partial charge in [0, 0.05) is 27.4 Å². The van der Waals surface area contributed by atoms with Gasteiger partial charge in [0.05, 0.1) is 11.1 Å². The molecule has 2 aromatic rings. The van der Waals surface area contributed by atoms with Gasteiger partial charge in [-0.3, -0.25) is 4.79 Å². The highest BCUT2D eigenvalue weighted by atomic mass is 35.5. The lowest BCUT2D eigenvalue weighted by Crippen LogP contribution is -2.22. The molecule has 0 amide bonds. The lowest BCUT2D eigenvalue weighted by molar-refractivity contribution is 0.105. The molecule has 2 aromatic carbocycles. The van der Waals surface area contributed by atoms with Crippen molar-refractivity contribution in [2.45, 2.75) is 6.04 Å². The van der Waals surface area contributed by atoms with E-state index in [0.717, 1.165) is 0 Å². The summed E-state index contributed by atoms with van der Waals surface area (Å²) in [7, 11) is 0. The van der Waals surface area contributed by atoms with Crippen molar-refractivity contribution in [1.82, 2.24) is 0 Å². The summed E-state index contributed by atoms with van der Waals surface area (Å²) in [5.74, 6) is -0.187. The molecule has 0 bridgehead atoms. The minimum absolute atomic E-state index is 0.187. The number of nitriles is 1. The Morgan fingerprint density at radius 3 is 2.55 bits per heavy atom. The first kappa shape index (κ1) is 14.6. The molecule has 3 rings (SSSR count). The van der Waals surface area contributed by atoms with E-state index in [-0.39, 0.29) is 5.78 Å². The highest BCUT2D eigenvalue weighted by Gasteiger charge is 2.26. The van der Waals surface area contributed by atoms with Gasteiger partial charge in [0.25, 0.3) is 0 Å². The van der Waals surface area contributed by atoms with E-state index in [2.05, 4.69) is 11.4 Å². The van der Waals surface area contributed by atoms with Crippen molar-refractivity contribution in [2.24, 2.45) is 0 Å². The molecule has 1 unspecified atom stereocenters. The molecule has 0 aliphatic carbocycles. The van der Waals surface area contributed by atoms with Crippen molar-refractivity contribution < 1.29 is 4.79 Å². The van der Waals surface area contributed by atoms with Gasteiger partial charge in [0.1, 0.15) is 6.04 Å². The average molecular weight is 329 g/mol. The Morgan fingerprint density at radius 1 is 1.14 bits per heavy atom. The Labute approximate surface area is 137 Å². The quantitative estimate of drug-likeness (QED) is 0.821. The van der Waals surface area contributed by atoms with E-state index in [0.29, 0.717) is 32.4 Å². The number of anilines is 1. The molecule has 5 heteroatoms. The van der Waals surface area contributed by atoms with Crippen LogP contribution in [0.4, 0.5) is 5.69 Å². The molecule has 0 saturated heterocycles. The third kappa shape index (κ3) is 2.59. The highest BCUT2D eigenvalue weighted by molar-refractivity contribution is 6.38. The summed E-state index contributed by atoms with van der Waals surface area (Å²) < 4.78 is 0. The summed E-state index contributed by atoms with van der Waals surface area (Å²) in [6.45, 7) is 0. The zero-order chi connectivity index (χ0) is 15.7. The van der Waals surface area contributed by atoms with E-state index in [1.165, 1.54) is 0 Å². The van der Waals surface area contributed by atoms with Crippen LogP contribution < -0.4 is 5.32 Å². The van der Waals surface area contributed by atoms with E-state index < -0.39 is 6.04 Å². The minimum Gasteiger partial charge on any atom is -0.366 e. The van der Waals surface area contributed by atoms with Crippen LogP contribution in [-0.4, -0.2) is 11.8 Å². The zero-order valence-corrected chi connectivity index (χ0v) is 12.8. The van der Waals surface area contributed by atoms with Gasteiger partial charge in [-0.15, -0.1) is 0 Å². The SMILES string of the molecule is N#CC1C=C(C(=O)c2ccc(Cl)cc2)c2c(Cl)cccc2N1. The van der Waals surface area contributed by atoms with E-state index >= 15 is 0 Å². The van der Waals surface area contributed by atoms with Crippen molar-refractivity contribution >= 4 is 40.2 Å². The second kappa shape index (κ2) is 5.84. The van der Waals surface area contributed by atoms with Gasteiger partial charge in [-0.2, -0.15) is 5.26 Å². The van der Waals surface area contributed by atoms with Crippen LogP contribution in [0.1, 0.15) is 15.9 Å². The monoisotopic (exact) mass is 328 g/mol. The van der Waals surface area contributed by atoms with Crippen molar-refractivity contribution in [2.75, 3.05) is 5.32 Å². The summed E-state index contributed by atoms with van der Waals surface area (Å²) in [6, 6.07) is 13.5. The Morgan fingerprint density at radius 2 is 1.86 bits per heavy atom. The standard InChI is InChI=1S/C17H10Cl2N2O/c18-11-6-4-10(5-7-11)17(22)13-8-12(9-20)21-15-3-1-2-14(19)16(13)15/h1-8,12,21H. The number of halogens is 2. The lowest BCUT2D eigenvalue weighted by atomic mass is 9.91. The fourth-order valence-corrected chi connectivity index (χ4v) is 2.80. The largest absolute Gasteiger partial charge is 0.366 e. The first-order chi connectivity index (χ1) is 10.6. The summed E-state index contributed by atoms with van der Waals surface area (Å²) >= 11 is 12.1. The van der Waals surface area contributed by atoms with Gasteiger partial charge in [0.2, 0.25) is 0 Å². The van der Waals surface area contributed by atoms with Crippen LogP contribution in [-0.2, 0) is 0 Å². The fraction of sp³-hybridized carbons (Fsp3) is 0.0588. The molecule has 1 heterocycles. The molecule has 0 aromatic heterocycles. The number of benzene rings is 2. The molecular formula is C17H10Cl2N2O. The molecule has 108 valence electrons. The van der Waals surface area contributed by atoms with Crippen molar-refractivity contribution in [1.29, 1.82) is 5.26 Å². The first-order valence-corrected chi connectivity index (χ1v) is 7.33. The van der Waals surface area contributed by atoms with Crippen LogP contribution in [0.5, 0.6) is 0 Å². The number of hydrogen-bond acceptors (Lipinski definition) is 3. The second-order valence-corrected chi connectivity index (χ2v) is 5.67. The van der Waals surface area contributed by atoms with Gasteiger partial charge in [-0.1, -0.05) is 29.3 Å². The van der Waals surface area contributed by atoms with Crippen LogP contribution in [0.25, 0.3) is 5.57 Å². The van der Waals surface area contributed by atoms with Crippen LogP contribution >= 0.6 is 23.2 Å². The molecule has 1 atom stereocenters. The third-order valence-corrected chi connectivity index (χ3v) is 3.98. The van der Waals surface area contributed by atoms with Gasteiger partial charge < -0.3 is 5.32 Å². The van der Waals surface area contributed by atoms with Crippen molar-refractivity contribution in [3.8, 4) is 6.07 Å². The van der Waals surface area contributed by atoms with Crippen LogP contribution in [0.2, 0.25) is 10.0 Å². The molecule has 3 nitrogen and oxygen atoms in total. The number of Topliss-reactive ketones (excluding diaryl/α,β-unsaturated/α-hetero) is 1. The van der Waals surface area contributed by atoms with Crippen LogP contribution in [0.15, 0.2) is 48.5 Å². The third-order valence-electron chi connectivity index (χ3n) is 3.42.